The van der Waals surface area contributed by atoms with Crippen molar-refractivity contribution in [3.63, 3.8) is 0 Å². The lowest BCUT2D eigenvalue weighted by atomic mass is 10.2. The van der Waals surface area contributed by atoms with Gasteiger partial charge in [-0.25, -0.2) is 0 Å². The van der Waals surface area contributed by atoms with E-state index in [4.69, 9.17) is 15.0 Å². The first-order valence-corrected chi connectivity index (χ1v) is 3.77. The summed E-state index contributed by atoms with van der Waals surface area (Å²) in [5, 5.41) is 15.5. The Labute approximate surface area is 76.4 Å². The van der Waals surface area contributed by atoms with Crippen molar-refractivity contribution in [2.24, 2.45) is 0 Å². The van der Waals surface area contributed by atoms with E-state index in [0.29, 0.717) is 12.8 Å². The lowest BCUT2D eigenvalue weighted by molar-refractivity contribution is -0.137. The molecule has 0 rings (SSSR count). The molecule has 0 aromatic carbocycles. The molecule has 0 aromatic rings. The number of ketones is 1. The maximum Gasteiger partial charge on any atom is 0.303 e. The minimum atomic E-state index is -0.837. The number of rotatable bonds is 4. The number of aliphatic carboxylic acids is 2. The summed E-state index contributed by atoms with van der Waals surface area (Å²) in [7, 11) is 0. The quantitative estimate of drug-likeness (QED) is 0.687. The van der Waals surface area contributed by atoms with Crippen molar-refractivity contribution in [3.05, 3.63) is 0 Å². The molecule has 0 saturated heterocycles. The van der Waals surface area contributed by atoms with Gasteiger partial charge >= 0.3 is 5.97 Å². The van der Waals surface area contributed by atoms with Gasteiger partial charge in [-0.05, 0) is 13.3 Å². The predicted octanol–water partition coefficient (Wildman–Crippen LogP) is 0.921. The van der Waals surface area contributed by atoms with Gasteiger partial charge in [0.2, 0.25) is 0 Å². The number of carbonyl (C=O) groups is 3. The molecule has 5 nitrogen and oxygen atoms in total. The zero-order valence-electron chi connectivity index (χ0n) is 7.74. The Balaban J connectivity index is 0. The van der Waals surface area contributed by atoms with Gasteiger partial charge in [0.25, 0.3) is 5.97 Å². The smallest absolute Gasteiger partial charge is 0.303 e. The van der Waals surface area contributed by atoms with Crippen LogP contribution in [0.25, 0.3) is 0 Å². The molecule has 0 aliphatic heterocycles. The highest BCUT2D eigenvalue weighted by molar-refractivity contribution is 5.76. The van der Waals surface area contributed by atoms with Crippen LogP contribution in [0.15, 0.2) is 0 Å². The average Bonchev–Trinajstić information content (AvgIpc) is 1.83. The fourth-order valence-electron chi connectivity index (χ4n) is 0.489. The van der Waals surface area contributed by atoms with Gasteiger partial charge in [0, 0.05) is 19.8 Å². The van der Waals surface area contributed by atoms with Crippen LogP contribution in [0, 0.1) is 0 Å². The molecule has 0 fully saturated rings. The highest BCUT2D eigenvalue weighted by Gasteiger charge is 1.97. The van der Waals surface area contributed by atoms with Crippen LogP contribution < -0.4 is 0 Å². The van der Waals surface area contributed by atoms with E-state index in [-0.39, 0.29) is 12.2 Å². The van der Waals surface area contributed by atoms with Crippen LogP contribution in [0.5, 0.6) is 0 Å². The van der Waals surface area contributed by atoms with Crippen LogP contribution in [0.1, 0.15) is 33.1 Å². The summed E-state index contributed by atoms with van der Waals surface area (Å²) in [6.45, 7) is 2.54. The molecule has 0 aromatic heterocycles. The third-order valence-corrected chi connectivity index (χ3v) is 0.919. The first-order chi connectivity index (χ1) is 5.86. The van der Waals surface area contributed by atoms with E-state index in [1.807, 2.05) is 0 Å². The van der Waals surface area contributed by atoms with E-state index in [1.165, 1.54) is 6.92 Å². The molecule has 0 unspecified atom stereocenters. The van der Waals surface area contributed by atoms with Crippen LogP contribution in [0.2, 0.25) is 0 Å². The van der Waals surface area contributed by atoms with Crippen molar-refractivity contribution >= 4 is 17.7 Å². The van der Waals surface area contributed by atoms with E-state index in [2.05, 4.69) is 0 Å². The van der Waals surface area contributed by atoms with Gasteiger partial charge in [-0.3, -0.25) is 9.59 Å². The van der Waals surface area contributed by atoms with E-state index in [9.17, 15) is 9.59 Å². The van der Waals surface area contributed by atoms with Crippen molar-refractivity contribution in [1.29, 1.82) is 0 Å². The lowest BCUT2D eigenvalue weighted by Crippen LogP contribution is -1.96. The summed E-state index contributed by atoms with van der Waals surface area (Å²) in [5.41, 5.74) is 0. The Bertz CT molecular complexity index is 167. The molecule has 0 heterocycles. The van der Waals surface area contributed by atoms with Crippen LogP contribution in [0.4, 0.5) is 0 Å². The molecule has 0 saturated carbocycles. The fourth-order valence-corrected chi connectivity index (χ4v) is 0.489. The van der Waals surface area contributed by atoms with Crippen LogP contribution >= 0.6 is 0 Å². The molecular formula is C8H14O5. The zero-order chi connectivity index (χ0) is 10.9. The Morgan fingerprint density at radius 1 is 1.00 bits per heavy atom. The highest BCUT2D eigenvalue weighted by Crippen LogP contribution is 1.94. The number of Topliss-reactive ketones (excluding diaryl/α,β-unsaturated/α-hetero) is 1. The SMILES string of the molecule is CC(=O)CCCC(=O)O.CC(=O)O. The predicted molar refractivity (Wildman–Crippen MR) is 45.5 cm³/mol. The molecule has 0 aliphatic rings. The Morgan fingerprint density at radius 2 is 1.38 bits per heavy atom. The number of hydrogen-bond donors (Lipinski definition) is 2. The molecule has 0 radical (unpaired) electrons. The van der Waals surface area contributed by atoms with Gasteiger partial charge in [-0.15, -0.1) is 0 Å². The number of carboxylic acids is 2. The summed E-state index contributed by atoms with van der Waals surface area (Å²) in [6, 6.07) is 0. The largest absolute Gasteiger partial charge is 0.481 e. The normalized spacial score (nSPS) is 8.15. The second-order valence-electron chi connectivity index (χ2n) is 2.47. The maximum atomic E-state index is 10.2. The van der Waals surface area contributed by atoms with Gasteiger partial charge in [-0.1, -0.05) is 0 Å². The van der Waals surface area contributed by atoms with E-state index >= 15 is 0 Å². The molecule has 0 spiro atoms. The number of carbonyl (C=O) groups excluding carboxylic acids is 1. The Morgan fingerprint density at radius 3 is 1.62 bits per heavy atom. The molecule has 0 bridgehead atoms. The molecule has 76 valence electrons. The van der Waals surface area contributed by atoms with Gasteiger partial charge in [0.05, 0.1) is 0 Å². The molecule has 0 atom stereocenters. The van der Waals surface area contributed by atoms with Crippen molar-refractivity contribution in [2.45, 2.75) is 33.1 Å². The van der Waals surface area contributed by atoms with Gasteiger partial charge < -0.3 is 15.0 Å². The summed E-state index contributed by atoms with van der Waals surface area (Å²) in [5.74, 6) is -1.62. The van der Waals surface area contributed by atoms with Crippen molar-refractivity contribution in [2.75, 3.05) is 0 Å². The molecule has 0 amide bonds. The minimum absolute atomic E-state index is 0.0521. The topological polar surface area (TPSA) is 91.7 Å². The summed E-state index contributed by atoms with van der Waals surface area (Å²) >= 11 is 0. The van der Waals surface area contributed by atoms with Crippen LogP contribution in [-0.4, -0.2) is 27.9 Å². The molecule has 0 aliphatic carbocycles. The van der Waals surface area contributed by atoms with E-state index in [1.54, 1.807) is 0 Å². The maximum absolute atomic E-state index is 10.2. The number of carboxylic acid groups (broad SMARTS) is 2. The monoisotopic (exact) mass is 190 g/mol. The summed E-state index contributed by atoms with van der Waals surface area (Å²) in [4.78, 5) is 29.1. The van der Waals surface area contributed by atoms with Crippen molar-refractivity contribution < 1.29 is 24.6 Å². The van der Waals surface area contributed by atoms with E-state index < -0.39 is 11.9 Å². The second kappa shape index (κ2) is 8.70. The second-order valence-corrected chi connectivity index (χ2v) is 2.47. The highest BCUT2D eigenvalue weighted by atomic mass is 16.4. The first-order valence-electron chi connectivity index (χ1n) is 3.77. The summed E-state index contributed by atoms with van der Waals surface area (Å²) in [6.07, 6.45) is 0.941. The lowest BCUT2D eigenvalue weighted by Gasteiger charge is -1.89. The summed E-state index contributed by atoms with van der Waals surface area (Å²) < 4.78 is 0. The Kier molecular flexibility index (Phi) is 9.48. The van der Waals surface area contributed by atoms with Crippen LogP contribution in [-0.2, 0) is 14.4 Å². The van der Waals surface area contributed by atoms with Crippen LogP contribution in [0.3, 0.4) is 0 Å². The fraction of sp³-hybridized carbons (Fsp3) is 0.625. The molecule has 5 heteroatoms. The number of hydrogen-bond acceptors (Lipinski definition) is 3. The molecule has 13 heavy (non-hydrogen) atoms. The average molecular weight is 190 g/mol. The van der Waals surface area contributed by atoms with Crippen molar-refractivity contribution in [3.8, 4) is 0 Å². The minimum Gasteiger partial charge on any atom is -0.481 e. The van der Waals surface area contributed by atoms with E-state index in [0.717, 1.165) is 6.92 Å². The molecule has 2 N–H and O–H groups in total. The first kappa shape index (κ1) is 14.2. The Hall–Kier alpha value is -1.39. The third kappa shape index (κ3) is 37.0. The third-order valence-electron chi connectivity index (χ3n) is 0.919. The van der Waals surface area contributed by atoms with Gasteiger partial charge in [-0.2, -0.15) is 0 Å². The standard InChI is InChI=1S/C6H10O3.C2H4O2/c1-5(7)3-2-4-6(8)9;1-2(3)4/h2-4H2,1H3,(H,8,9);1H3,(H,3,4). The zero-order valence-corrected chi connectivity index (χ0v) is 7.74. The molecular weight excluding hydrogens is 176 g/mol. The van der Waals surface area contributed by atoms with Gasteiger partial charge in [0.15, 0.2) is 0 Å². The van der Waals surface area contributed by atoms with Crippen molar-refractivity contribution in [1.82, 2.24) is 0 Å². The van der Waals surface area contributed by atoms with Gasteiger partial charge in [0.1, 0.15) is 5.78 Å².